The normalized spacial score (nSPS) is 11.2. The summed E-state index contributed by atoms with van der Waals surface area (Å²) in [4.78, 5) is 0.0147. The number of rotatable bonds is 6. The molecule has 2 rings (SSSR count). The van der Waals surface area contributed by atoms with Crippen LogP contribution < -0.4 is 4.74 Å². The molecule has 0 aromatic heterocycles. The van der Waals surface area contributed by atoms with Crippen molar-refractivity contribution in [1.29, 1.82) is 5.26 Å². The fourth-order valence-corrected chi connectivity index (χ4v) is 3.37. The number of ether oxygens (including phenoxy) is 1. The van der Waals surface area contributed by atoms with Gasteiger partial charge in [-0.25, -0.2) is 8.42 Å². The van der Waals surface area contributed by atoms with Gasteiger partial charge in [0, 0.05) is 13.6 Å². The summed E-state index contributed by atoms with van der Waals surface area (Å²) in [6.07, 6.45) is 0. The van der Waals surface area contributed by atoms with Crippen LogP contribution in [0.15, 0.2) is 53.4 Å². The Bertz CT molecular complexity index is 826. The fraction of sp³-hybridized carbons (Fsp3) is 0.235. The first-order valence-electron chi connectivity index (χ1n) is 7.10. The number of hydrogen-bond acceptors (Lipinski definition) is 4. The summed E-state index contributed by atoms with van der Waals surface area (Å²) in [6, 6.07) is 15.6. The zero-order valence-corrected chi connectivity index (χ0v) is 13.9. The summed E-state index contributed by atoms with van der Waals surface area (Å²) >= 11 is 0. The van der Waals surface area contributed by atoms with Crippen molar-refractivity contribution in [2.45, 2.75) is 11.8 Å². The number of likely N-dealkylation sites (N-methyl/N-ethyl adjacent to an activating group) is 1. The molecule has 0 amide bonds. The predicted molar refractivity (Wildman–Crippen MR) is 87.6 cm³/mol. The molecule has 23 heavy (non-hydrogen) atoms. The van der Waals surface area contributed by atoms with Gasteiger partial charge in [0.1, 0.15) is 18.4 Å². The van der Waals surface area contributed by atoms with Crippen LogP contribution >= 0.6 is 0 Å². The molecule has 0 heterocycles. The van der Waals surface area contributed by atoms with Crippen molar-refractivity contribution in [1.82, 2.24) is 4.31 Å². The average molecular weight is 330 g/mol. The first kappa shape index (κ1) is 17.0. The highest BCUT2D eigenvalue weighted by Gasteiger charge is 2.23. The molecule has 0 aliphatic heterocycles. The Hall–Kier alpha value is -2.36. The van der Waals surface area contributed by atoms with Crippen molar-refractivity contribution in [3.8, 4) is 11.8 Å². The number of benzene rings is 2. The smallest absolute Gasteiger partial charge is 0.244 e. The molecule has 0 spiro atoms. The summed E-state index contributed by atoms with van der Waals surface area (Å²) in [6.45, 7) is 2.35. The average Bonchev–Trinajstić information content (AvgIpc) is 2.56. The van der Waals surface area contributed by atoms with Gasteiger partial charge in [0.2, 0.25) is 10.0 Å². The maximum absolute atomic E-state index is 12.5. The largest absolute Gasteiger partial charge is 0.492 e. The molecule has 0 bridgehead atoms. The minimum absolute atomic E-state index is 0.0147. The van der Waals surface area contributed by atoms with Gasteiger partial charge in [-0.1, -0.05) is 30.3 Å². The van der Waals surface area contributed by atoms with E-state index in [-0.39, 0.29) is 23.6 Å². The van der Waals surface area contributed by atoms with Crippen molar-refractivity contribution in [3.05, 3.63) is 59.7 Å². The van der Waals surface area contributed by atoms with E-state index in [4.69, 9.17) is 10.00 Å². The molecular weight excluding hydrogens is 312 g/mol. The van der Waals surface area contributed by atoms with Gasteiger partial charge in [0.05, 0.1) is 10.5 Å². The van der Waals surface area contributed by atoms with E-state index in [1.807, 2.05) is 37.3 Å². The van der Waals surface area contributed by atoms with Gasteiger partial charge in [-0.05, 0) is 30.7 Å². The lowest BCUT2D eigenvalue weighted by Crippen LogP contribution is -2.31. The third-order valence-electron chi connectivity index (χ3n) is 3.45. The van der Waals surface area contributed by atoms with E-state index in [2.05, 4.69) is 0 Å². The third-order valence-corrected chi connectivity index (χ3v) is 5.37. The molecular formula is C17H18N2O3S. The fourth-order valence-electron chi connectivity index (χ4n) is 2.07. The molecule has 0 N–H and O–H groups in total. The molecule has 0 saturated carbocycles. The second kappa shape index (κ2) is 7.27. The summed E-state index contributed by atoms with van der Waals surface area (Å²) in [7, 11) is -2.24. The summed E-state index contributed by atoms with van der Waals surface area (Å²) in [5, 5.41) is 9.06. The van der Waals surface area contributed by atoms with Crippen LogP contribution in [-0.2, 0) is 10.0 Å². The van der Waals surface area contributed by atoms with Gasteiger partial charge in [-0.2, -0.15) is 9.57 Å². The van der Waals surface area contributed by atoms with Gasteiger partial charge in [0.15, 0.2) is 0 Å². The van der Waals surface area contributed by atoms with E-state index in [0.29, 0.717) is 0 Å². The number of hydrogen-bond donors (Lipinski definition) is 0. The molecule has 0 fully saturated rings. The Balaban J connectivity index is 2.07. The lowest BCUT2D eigenvalue weighted by Gasteiger charge is -2.18. The van der Waals surface area contributed by atoms with Gasteiger partial charge in [-0.3, -0.25) is 0 Å². The highest BCUT2D eigenvalue weighted by Crippen LogP contribution is 2.19. The monoisotopic (exact) mass is 330 g/mol. The first-order chi connectivity index (χ1) is 11.0. The van der Waals surface area contributed by atoms with Gasteiger partial charge in [0.25, 0.3) is 0 Å². The van der Waals surface area contributed by atoms with E-state index in [1.54, 1.807) is 12.1 Å². The second-order valence-electron chi connectivity index (χ2n) is 5.05. The molecule has 0 radical (unpaired) electrons. The molecule has 0 unspecified atom stereocenters. The van der Waals surface area contributed by atoms with Gasteiger partial charge >= 0.3 is 0 Å². The second-order valence-corrected chi connectivity index (χ2v) is 7.06. The molecule has 2 aromatic carbocycles. The van der Waals surface area contributed by atoms with E-state index >= 15 is 0 Å². The molecule has 0 saturated heterocycles. The number of para-hydroxylation sites is 1. The molecule has 0 aliphatic rings. The molecule has 0 atom stereocenters. The third kappa shape index (κ3) is 3.89. The number of nitrogens with zero attached hydrogens (tertiary/aromatic N) is 2. The van der Waals surface area contributed by atoms with Gasteiger partial charge in [-0.15, -0.1) is 0 Å². The molecule has 120 valence electrons. The van der Waals surface area contributed by atoms with E-state index < -0.39 is 10.0 Å². The Kier molecular flexibility index (Phi) is 5.37. The van der Waals surface area contributed by atoms with Crippen LogP contribution in [-0.4, -0.2) is 32.9 Å². The molecule has 6 heteroatoms. The van der Waals surface area contributed by atoms with Crippen LogP contribution in [0.2, 0.25) is 0 Å². The standard InChI is InChI=1S/C17H18N2O3S/c1-14-7-3-5-9-16(14)22-12-11-19(2)23(20,21)17-10-6-4-8-15(17)13-18/h3-10H,11-12H2,1-2H3. The van der Waals surface area contributed by atoms with Crippen molar-refractivity contribution >= 4 is 10.0 Å². The summed E-state index contributed by atoms with van der Waals surface area (Å²) in [5.74, 6) is 0.732. The first-order valence-corrected chi connectivity index (χ1v) is 8.54. The highest BCUT2D eigenvalue weighted by molar-refractivity contribution is 7.89. The van der Waals surface area contributed by atoms with Crippen LogP contribution in [0, 0.1) is 18.3 Å². The Labute approximate surface area is 136 Å². The Morgan fingerprint density at radius 2 is 1.78 bits per heavy atom. The maximum atomic E-state index is 12.5. The number of aryl methyl sites for hydroxylation is 1. The van der Waals surface area contributed by atoms with Crippen LogP contribution in [0.25, 0.3) is 0 Å². The minimum Gasteiger partial charge on any atom is -0.492 e. The topological polar surface area (TPSA) is 70.4 Å². The van der Waals surface area contributed by atoms with Crippen LogP contribution in [0.5, 0.6) is 5.75 Å². The van der Waals surface area contributed by atoms with Crippen LogP contribution in [0.1, 0.15) is 11.1 Å². The Morgan fingerprint density at radius 1 is 1.13 bits per heavy atom. The summed E-state index contributed by atoms with van der Waals surface area (Å²) in [5.41, 5.74) is 1.13. The quantitative estimate of drug-likeness (QED) is 0.816. The van der Waals surface area contributed by atoms with Crippen molar-refractivity contribution < 1.29 is 13.2 Å². The lowest BCUT2D eigenvalue weighted by molar-refractivity contribution is 0.285. The zero-order chi connectivity index (χ0) is 16.9. The minimum atomic E-state index is -3.72. The maximum Gasteiger partial charge on any atom is 0.244 e. The Morgan fingerprint density at radius 3 is 2.48 bits per heavy atom. The van der Waals surface area contributed by atoms with Gasteiger partial charge < -0.3 is 4.74 Å². The molecule has 5 nitrogen and oxygen atoms in total. The van der Waals surface area contributed by atoms with Crippen LogP contribution in [0.3, 0.4) is 0 Å². The zero-order valence-electron chi connectivity index (χ0n) is 13.1. The van der Waals surface area contributed by atoms with Crippen molar-refractivity contribution in [2.75, 3.05) is 20.2 Å². The van der Waals surface area contributed by atoms with E-state index in [9.17, 15) is 8.42 Å². The van der Waals surface area contributed by atoms with Crippen molar-refractivity contribution in [3.63, 3.8) is 0 Å². The van der Waals surface area contributed by atoms with E-state index in [1.165, 1.54) is 23.5 Å². The summed E-state index contributed by atoms with van der Waals surface area (Å²) < 4.78 is 31.9. The van der Waals surface area contributed by atoms with Crippen LogP contribution in [0.4, 0.5) is 0 Å². The lowest BCUT2D eigenvalue weighted by atomic mass is 10.2. The molecule has 2 aromatic rings. The highest BCUT2D eigenvalue weighted by atomic mass is 32.2. The van der Waals surface area contributed by atoms with Crippen molar-refractivity contribution in [2.24, 2.45) is 0 Å². The number of nitriles is 1. The predicted octanol–water partition coefficient (Wildman–Crippen LogP) is 2.57. The molecule has 0 aliphatic carbocycles. The number of sulfonamides is 1. The van der Waals surface area contributed by atoms with E-state index in [0.717, 1.165) is 11.3 Å². The SMILES string of the molecule is Cc1ccccc1OCCN(C)S(=O)(=O)c1ccccc1C#N.